The lowest BCUT2D eigenvalue weighted by atomic mass is 10.1. The molecule has 0 aromatic heterocycles. The normalized spacial score (nSPS) is 17.2. The summed E-state index contributed by atoms with van der Waals surface area (Å²) in [5.41, 5.74) is 0.410. The molecule has 0 unspecified atom stereocenters. The molecule has 0 spiro atoms. The molecule has 0 atom stereocenters. The van der Waals surface area contributed by atoms with Gasteiger partial charge in [0.25, 0.3) is 16.1 Å². The Balaban J connectivity index is 2.11. The van der Waals surface area contributed by atoms with Crippen LogP contribution in [0.1, 0.15) is 15.9 Å². The molecular formula is C12H16FN3O3S. The van der Waals surface area contributed by atoms with Gasteiger partial charge in [-0.05, 0) is 18.6 Å². The Morgan fingerprint density at radius 3 is 2.40 bits per heavy atom. The molecular weight excluding hydrogens is 285 g/mol. The van der Waals surface area contributed by atoms with Gasteiger partial charge in [-0.2, -0.15) is 12.7 Å². The van der Waals surface area contributed by atoms with Crippen LogP contribution in [0.25, 0.3) is 0 Å². The van der Waals surface area contributed by atoms with E-state index in [1.54, 1.807) is 19.1 Å². The molecule has 0 aliphatic carbocycles. The van der Waals surface area contributed by atoms with Crippen molar-refractivity contribution in [2.75, 3.05) is 26.2 Å². The van der Waals surface area contributed by atoms with E-state index in [4.69, 9.17) is 5.14 Å². The van der Waals surface area contributed by atoms with Gasteiger partial charge in [0.05, 0.1) is 5.56 Å². The Morgan fingerprint density at radius 2 is 1.85 bits per heavy atom. The lowest BCUT2D eigenvalue weighted by molar-refractivity contribution is 0.0693. The minimum absolute atomic E-state index is 0.00838. The zero-order valence-electron chi connectivity index (χ0n) is 11.0. The van der Waals surface area contributed by atoms with Gasteiger partial charge >= 0.3 is 0 Å². The summed E-state index contributed by atoms with van der Waals surface area (Å²) in [6.07, 6.45) is 0. The third kappa shape index (κ3) is 2.97. The number of aryl methyl sites for hydroxylation is 1. The molecule has 1 amide bonds. The number of amides is 1. The van der Waals surface area contributed by atoms with Gasteiger partial charge < -0.3 is 4.90 Å². The average Bonchev–Trinajstić information content (AvgIpc) is 2.40. The van der Waals surface area contributed by atoms with Gasteiger partial charge in [0.15, 0.2) is 0 Å². The standard InChI is InChI=1S/C12H16FN3O3S/c1-9-3-2-4-10(11(9)13)12(17)15-5-7-16(8-6-15)20(14,18)19/h2-4H,5-8H2,1H3,(H2,14,18,19). The highest BCUT2D eigenvalue weighted by Gasteiger charge is 2.28. The van der Waals surface area contributed by atoms with Gasteiger partial charge in [-0.15, -0.1) is 0 Å². The maximum Gasteiger partial charge on any atom is 0.277 e. The molecule has 2 N–H and O–H groups in total. The highest BCUT2D eigenvalue weighted by molar-refractivity contribution is 7.86. The highest BCUT2D eigenvalue weighted by atomic mass is 32.2. The maximum atomic E-state index is 13.9. The molecule has 110 valence electrons. The van der Waals surface area contributed by atoms with Crippen molar-refractivity contribution >= 4 is 16.1 Å². The molecule has 1 aliphatic rings. The Labute approximate surface area is 117 Å². The van der Waals surface area contributed by atoms with Crippen LogP contribution in [0, 0.1) is 12.7 Å². The van der Waals surface area contributed by atoms with E-state index in [9.17, 15) is 17.6 Å². The molecule has 1 aromatic rings. The third-order valence-electron chi connectivity index (χ3n) is 3.31. The predicted molar refractivity (Wildman–Crippen MR) is 71.7 cm³/mol. The van der Waals surface area contributed by atoms with Crippen molar-refractivity contribution in [1.29, 1.82) is 0 Å². The zero-order chi connectivity index (χ0) is 14.9. The van der Waals surface area contributed by atoms with Gasteiger partial charge in [0, 0.05) is 26.2 Å². The van der Waals surface area contributed by atoms with Crippen molar-refractivity contribution in [3.8, 4) is 0 Å². The van der Waals surface area contributed by atoms with Gasteiger partial charge in [-0.3, -0.25) is 4.79 Å². The fourth-order valence-electron chi connectivity index (χ4n) is 2.13. The van der Waals surface area contributed by atoms with Crippen molar-refractivity contribution in [2.45, 2.75) is 6.92 Å². The monoisotopic (exact) mass is 301 g/mol. The molecule has 1 saturated heterocycles. The first-order valence-electron chi connectivity index (χ1n) is 6.13. The molecule has 0 bridgehead atoms. The maximum absolute atomic E-state index is 13.9. The van der Waals surface area contributed by atoms with Crippen molar-refractivity contribution in [2.24, 2.45) is 5.14 Å². The Bertz CT molecular complexity index is 625. The van der Waals surface area contributed by atoms with E-state index in [0.717, 1.165) is 4.31 Å². The first-order chi connectivity index (χ1) is 9.30. The van der Waals surface area contributed by atoms with Gasteiger partial charge in [0.1, 0.15) is 5.82 Å². The predicted octanol–water partition coefficient (Wildman–Crippen LogP) is 0.0954. The van der Waals surface area contributed by atoms with Crippen LogP contribution >= 0.6 is 0 Å². The second kappa shape index (κ2) is 5.47. The number of carbonyl (C=O) groups excluding carboxylic acids is 1. The summed E-state index contributed by atoms with van der Waals surface area (Å²) in [6.45, 7) is 2.23. The van der Waals surface area contributed by atoms with Gasteiger partial charge in [0.2, 0.25) is 0 Å². The second-order valence-electron chi connectivity index (χ2n) is 4.67. The molecule has 0 saturated carbocycles. The SMILES string of the molecule is Cc1cccc(C(=O)N2CCN(S(N)(=O)=O)CC2)c1F. The lowest BCUT2D eigenvalue weighted by Crippen LogP contribution is -2.52. The van der Waals surface area contributed by atoms with E-state index in [-0.39, 0.29) is 31.7 Å². The number of nitrogens with two attached hydrogens (primary N) is 1. The molecule has 8 heteroatoms. The van der Waals surface area contributed by atoms with Crippen molar-refractivity contribution in [1.82, 2.24) is 9.21 Å². The van der Waals surface area contributed by atoms with Crippen LogP contribution in [0.3, 0.4) is 0 Å². The Morgan fingerprint density at radius 1 is 1.25 bits per heavy atom. The fourth-order valence-corrected chi connectivity index (χ4v) is 2.80. The van der Waals surface area contributed by atoms with Crippen LogP contribution in [0.2, 0.25) is 0 Å². The first kappa shape index (κ1) is 14.9. The Kier molecular flexibility index (Phi) is 4.07. The smallest absolute Gasteiger partial charge is 0.277 e. The average molecular weight is 301 g/mol. The van der Waals surface area contributed by atoms with Crippen molar-refractivity contribution in [3.63, 3.8) is 0 Å². The molecule has 2 rings (SSSR count). The summed E-state index contributed by atoms with van der Waals surface area (Å²) in [5.74, 6) is -0.966. The number of piperazine rings is 1. The fraction of sp³-hybridized carbons (Fsp3) is 0.417. The number of hydrogen-bond donors (Lipinski definition) is 1. The summed E-state index contributed by atoms with van der Waals surface area (Å²) in [7, 11) is -3.73. The largest absolute Gasteiger partial charge is 0.336 e. The van der Waals surface area contributed by atoms with Crippen LogP contribution in [0.15, 0.2) is 18.2 Å². The van der Waals surface area contributed by atoms with Gasteiger partial charge in [-0.1, -0.05) is 12.1 Å². The van der Waals surface area contributed by atoms with E-state index in [1.165, 1.54) is 11.0 Å². The summed E-state index contributed by atoms with van der Waals surface area (Å²) in [6, 6.07) is 4.63. The highest BCUT2D eigenvalue weighted by Crippen LogP contribution is 2.16. The zero-order valence-corrected chi connectivity index (χ0v) is 11.9. The topological polar surface area (TPSA) is 83.7 Å². The number of benzene rings is 1. The molecule has 6 nitrogen and oxygen atoms in total. The van der Waals surface area contributed by atoms with E-state index >= 15 is 0 Å². The van der Waals surface area contributed by atoms with Crippen molar-refractivity contribution < 1.29 is 17.6 Å². The first-order valence-corrected chi connectivity index (χ1v) is 7.63. The summed E-state index contributed by atoms with van der Waals surface area (Å²) < 4.78 is 37.3. The number of nitrogens with zero attached hydrogens (tertiary/aromatic N) is 2. The number of hydrogen-bond acceptors (Lipinski definition) is 3. The molecule has 1 aromatic carbocycles. The van der Waals surface area contributed by atoms with Crippen LogP contribution < -0.4 is 5.14 Å². The van der Waals surface area contributed by atoms with E-state index in [1.807, 2.05) is 0 Å². The quantitative estimate of drug-likeness (QED) is 0.840. The molecule has 1 aliphatic heterocycles. The lowest BCUT2D eigenvalue weighted by Gasteiger charge is -2.33. The summed E-state index contributed by atoms with van der Waals surface area (Å²) >= 11 is 0. The number of halogens is 1. The van der Waals surface area contributed by atoms with Crippen LogP contribution in [0.5, 0.6) is 0 Å². The summed E-state index contributed by atoms with van der Waals surface area (Å²) in [5, 5.41) is 5.02. The third-order valence-corrected chi connectivity index (χ3v) is 4.39. The van der Waals surface area contributed by atoms with Crippen molar-refractivity contribution in [3.05, 3.63) is 35.1 Å². The minimum Gasteiger partial charge on any atom is -0.336 e. The summed E-state index contributed by atoms with van der Waals surface area (Å²) in [4.78, 5) is 13.6. The van der Waals surface area contributed by atoms with E-state index < -0.39 is 21.9 Å². The van der Waals surface area contributed by atoms with E-state index in [2.05, 4.69) is 0 Å². The van der Waals surface area contributed by atoms with Crippen LogP contribution in [0.4, 0.5) is 4.39 Å². The molecule has 1 fully saturated rings. The molecule has 0 radical (unpaired) electrons. The number of rotatable bonds is 2. The molecule has 1 heterocycles. The molecule has 20 heavy (non-hydrogen) atoms. The minimum atomic E-state index is -3.73. The van der Waals surface area contributed by atoms with Crippen LogP contribution in [-0.4, -0.2) is 49.7 Å². The van der Waals surface area contributed by atoms with E-state index in [0.29, 0.717) is 5.56 Å². The van der Waals surface area contributed by atoms with Gasteiger partial charge in [-0.25, -0.2) is 9.53 Å². The second-order valence-corrected chi connectivity index (χ2v) is 6.22. The van der Waals surface area contributed by atoms with Crippen LogP contribution in [-0.2, 0) is 10.2 Å². The number of carbonyl (C=O) groups is 1. The Hall–Kier alpha value is -1.51.